The summed E-state index contributed by atoms with van der Waals surface area (Å²) in [6.07, 6.45) is 6.65. The summed E-state index contributed by atoms with van der Waals surface area (Å²) in [5.74, 6) is 6.58. The van der Waals surface area contributed by atoms with Crippen LogP contribution in [0, 0.1) is 0 Å². The number of imidazole rings is 1. The Kier molecular flexibility index (Phi) is 3.66. The molecule has 2 rings (SSSR count). The molecule has 0 radical (unpaired) electrons. The van der Waals surface area contributed by atoms with Crippen LogP contribution in [0.1, 0.15) is 19.8 Å². The highest BCUT2D eigenvalue weighted by Crippen LogP contribution is 2.22. The zero-order valence-electron chi connectivity index (χ0n) is 10.2. The number of aromatic nitrogens is 3. The maximum absolute atomic E-state index is 11.8. The number of ether oxygens (including phenoxy) is 1. The third-order valence-electron chi connectivity index (χ3n) is 2.55. The maximum atomic E-state index is 11.8. The largest absolute Gasteiger partial charge is 0.487 e. The van der Waals surface area contributed by atoms with Gasteiger partial charge in [0, 0.05) is 24.7 Å². The van der Waals surface area contributed by atoms with Crippen molar-refractivity contribution in [3.8, 4) is 17.3 Å². The molecule has 0 aliphatic heterocycles. The first-order valence-corrected chi connectivity index (χ1v) is 5.87. The molecule has 0 aliphatic carbocycles. The summed E-state index contributed by atoms with van der Waals surface area (Å²) in [7, 11) is 0. The van der Waals surface area contributed by atoms with Gasteiger partial charge in [0.1, 0.15) is 0 Å². The van der Waals surface area contributed by atoms with Crippen LogP contribution < -0.4 is 16.0 Å². The number of unbranched alkanes of at least 4 members (excludes halogenated alkanes) is 1. The number of hydrogen-bond donors (Lipinski definition) is 2. The maximum Gasteiger partial charge on any atom is 0.224 e. The lowest BCUT2D eigenvalue weighted by Crippen LogP contribution is -2.19. The number of aromatic amines is 1. The van der Waals surface area contributed by atoms with E-state index >= 15 is 0 Å². The van der Waals surface area contributed by atoms with Gasteiger partial charge in [0.25, 0.3) is 0 Å². The van der Waals surface area contributed by atoms with Crippen molar-refractivity contribution in [2.75, 3.05) is 12.4 Å². The molecule has 18 heavy (non-hydrogen) atoms. The van der Waals surface area contributed by atoms with Gasteiger partial charge in [-0.1, -0.05) is 13.3 Å². The van der Waals surface area contributed by atoms with Crippen molar-refractivity contribution in [1.82, 2.24) is 14.6 Å². The van der Waals surface area contributed by atoms with E-state index in [1.807, 2.05) is 0 Å². The van der Waals surface area contributed by atoms with Crippen LogP contribution in [0.2, 0.25) is 0 Å². The topological polar surface area (TPSA) is 85.9 Å². The summed E-state index contributed by atoms with van der Waals surface area (Å²) in [6, 6.07) is 1.38. The second-order valence-corrected chi connectivity index (χ2v) is 3.90. The van der Waals surface area contributed by atoms with Crippen LogP contribution >= 0.6 is 0 Å². The molecule has 2 aromatic rings. The Hall–Kier alpha value is -2.24. The molecule has 6 heteroatoms. The molecule has 0 amide bonds. The van der Waals surface area contributed by atoms with Gasteiger partial charge in [-0.05, 0) is 6.42 Å². The fourth-order valence-electron chi connectivity index (χ4n) is 1.61. The zero-order valence-corrected chi connectivity index (χ0v) is 10.2. The van der Waals surface area contributed by atoms with E-state index in [1.165, 1.54) is 16.9 Å². The molecule has 0 aliphatic rings. The Bertz CT molecular complexity index is 560. The summed E-state index contributed by atoms with van der Waals surface area (Å²) in [4.78, 5) is 18.9. The molecule has 0 aromatic carbocycles. The Labute approximate surface area is 104 Å². The first-order valence-electron chi connectivity index (χ1n) is 5.87. The number of hydrogen-bond acceptors (Lipinski definition) is 4. The number of nitrogens with one attached hydrogen (secondary N) is 1. The molecule has 6 nitrogen and oxygen atoms in total. The van der Waals surface area contributed by atoms with Crippen molar-refractivity contribution >= 4 is 0 Å². The monoisotopic (exact) mass is 248 g/mol. The normalized spacial score (nSPS) is 10.5. The van der Waals surface area contributed by atoms with Gasteiger partial charge in [0.05, 0.1) is 6.61 Å². The lowest BCUT2D eigenvalue weighted by Gasteiger charge is -2.12. The average molecular weight is 248 g/mol. The second kappa shape index (κ2) is 5.39. The second-order valence-electron chi connectivity index (χ2n) is 3.90. The minimum Gasteiger partial charge on any atom is -0.487 e. The first kappa shape index (κ1) is 12.2. The smallest absolute Gasteiger partial charge is 0.224 e. The van der Waals surface area contributed by atoms with Gasteiger partial charge in [0.15, 0.2) is 17.3 Å². The molecule has 96 valence electrons. The molecule has 0 saturated carbocycles. The Balaban J connectivity index is 2.43. The molecule has 0 bridgehead atoms. The van der Waals surface area contributed by atoms with E-state index in [9.17, 15) is 4.79 Å². The van der Waals surface area contributed by atoms with Gasteiger partial charge in [-0.15, -0.1) is 0 Å². The van der Waals surface area contributed by atoms with Crippen LogP contribution in [-0.2, 0) is 0 Å². The van der Waals surface area contributed by atoms with E-state index in [2.05, 4.69) is 16.9 Å². The van der Waals surface area contributed by atoms with Crippen molar-refractivity contribution < 1.29 is 4.74 Å². The molecule has 0 spiro atoms. The predicted octanol–water partition coefficient (Wildman–Crippen LogP) is 1.13. The minimum atomic E-state index is -0.195. The van der Waals surface area contributed by atoms with E-state index in [1.54, 1.807) is 12.4 Å². The molecular weight excluding hydrogens is 232 g/mol. The molecule has 0 fully saturated rings. The highest BCUT2D eigenvalue weighted by atomic mass is 16.5. The van der Waals surface area contributed by atoms with Gasteiger partial charge < -0.3 is 15.6 Å². The third kappa shape index (κ3) is 2.37. The summed E-state index contributed by atoms with van der Waals surface area (Å²) in [5, 5.41) is 0. The highest BCUT2D eigenvalue weighted by molar-refractivity contribution is 5.59. The Morgan fingerprint density at radius 3 is 3.06 bits per heavy atom. The van der Waals surface area contributed by atoms with Crippen molar-refractivity contribution in [1.29, 1.82) is 0 Å². The van der Waals surface area contributed by atoms with Crippen molar-refractivity contribution in [2.45, 2.75) is 19.8 Å². The van der Waals surface area contributed by atoms with Crippen LogP contribution in [0.5, 0.6) is 5.75 Å². The molecule has 3 N–H and O–H groups in total. The summed E-state index contributed by atoms with van der Waals surface area (Å²) in [6.45, 7) is 2.55. The van der Waals surface area contributed by atoms with Gasteiger partial charge in [-0.25, -0.2) is 4.98 Å². The lowest BCUT2D eigenvalue weighted by molar-refractivity contribution is 0.306. The zero-order chi connectivity index (χ0) is 13.0. The van der Waals surface area contributed by atoms with Gasteiger partial charge in [-0.3, -0.25) is 9.47 Å². The number of nitrogens with two attached hydrogens (primary N) is 1. The van der Waals surface area contributed by atoms with Gasteiger partial charge in [0.2, 0.25) is 5.43 Å². The van der Waals surface area contributed by atoms with E-state index in [0.717, 1.165) is 12.8 Å². The quantitative estimate of drug-likeness (QED) is 0.613. The van der Waals surface area contributed by atoms with Crippen molar-refractivity contribution in [2.24, 2.45) is 0 Å². The first-order chi connectivity index (χ1) is 8.74. The van der Waals surface area contributed by atoms with Gasteiger partial charge >= 0.3 is 0 Å². The molecule has 2 aromatic heterocycles. The standard InChI is InChI=1S/C12H16N4O2/c1-2-3-8-18-11-9(17)4-7-16(13)10(11)12-14-5-6-15-12/h4-7H,2-3,8,13H2,1H3,(H,14,15). The van der Waals surface area contributed by atoms with Crippen LogP contribution in [0.4, 0.5) is 0 Å². The number of nitrogen functional groups attached to an aromatic ring is 1. The van der Waals surface area contributed by atoms with Gasteiger partial charge in [-0.2, -0.15) is 0 Å². The minimum absolute atomic E-state index is 0.195. The average Bonchev–Trinajstić information content (AvgIpc) is 2.87. The van der Waals surface area contributed by atoms with Crippen LogP contribution in [0.15, 0.2) is 29.5 Å². The number of rotatable bonds is 5. The fraction of sp³-hybridized carbons (Fsp3) is 0.333. The predicted molar refractivity (Wildman–Crippen MR) is 68.8 cm³/mol. The fourth-order valence-corrected chi connectivity index (χ4v) is 1.61. The summed E-state index contributed by atoms with van der Waals surface area (Å²) >= 11 is 0. The molecule has 0 unspecified atom stereocenters. The van der Waals surface area contributed by atoms with E-state index in [4.69, 9.17) is 10.6 Å². The number of pyridine rings is 1. The SMILES string of the molecule is CCCCOc1c(-c2ncc[nH]2)n(N)ccc1=O. The van der Waals surface area contributed by atoms with Crippen LogP contribution in [-0.4, -0.2) is 21.3 Å². The Morgan fingerprint density at radius 2 is 2.39 bits per heavy atom. The van der Waals surface area contributed by atoms with Crippen molar-refractivity contribution in [3.63, 3.8) is 0 Å². The summed E-state index contributed by atoms with van der Waals surface area (Å²) < 4.78 is 6.87. The molecule has 0 atom stereocenters. The van der Waals surface area contributed by atoms with E-state index in [-0.39, 0.29) is 11.2 Å². The highest BCUT2D eigenvalue weighted by Gasteiger charge is 2.15. The third-order valence-corrected chi connectivity index (χ3v) is 2.55. The van der Waals surface area contributed by atoms with Crippen molar-refractivity contribution in [3.05, 3.63) is 34.9 Å². The number of H-pyrrole nitrogens is 1. The Morgan fingerprint density at radius 1 is 1.56 bits per heavy atom. The molecular formula is C12H16N4O2. The lowest BCUT2D eigenvalue weighted by atomic mass is 10.3. The summed E-state index contributed by atoms with van der Waals surface area (Å²) in [5.41, 5.74) is 0.266. The number of nitrogens with zero attached hydrogens (tertiary/aromatic N) is 2. The molecule has 2 heterocycles. The van der Waals surface area contributed by atoms with E-state index in [0.29, 0.717) is 18.1 Å². The van der Waals surface area contributed by atoms with E-state index < -0.39 is 0 Å². The van der Waals surface area contributed by atoms with Crippen LogP contribution in [0.25, 0.3) is 11.5 Å². The molecule has 0 saturated heterocycles. The van der Waals surface area contributed by atoms with Crippen LogP contribution in [0.3, 0.4) is 0 Å².